The van der Waals surface area contributed by atoms with Crippen LogP contribution < -0.4 is 10.6 Å². The smallest absolute Gasteiger partial charge is 0.413 e. The molecule has 3 atom stereocenters. The molecule has 0 radical (unpaired) electrons. The quantitative estimate of drug-likeness (QED) is 0.533. The van der Waals surface area contributed by atoms with Crippen LogP contribution in [0.5, 0.6) is 0 Å². The van der Waals surface area contributed by atoms with E-state index >= 15 is 4.39 Å². The van der Waals surface area contributed by atoms with Crippen LogP contribution in [0.4, 0.5) is 14.9 Å². The van der Waals surface area contributed by atoms with E-state index in [9.17, 15) is 13.8 Å². The molecule has 0 spiro atoms. The summed E-state index contributed by atoms with van der Waals surface area (Å²) in [4.78, 5) is 34.8. The molecule has 2 aromatic rings. The highest BCUT2D eigenvalue weighted by Gasteiger charge is 2.57. The molecule has 2 aliphatic heterocycles. The van der Waals surface area contributed by atoms with Crippen LogP contribution in [0.3, 0.4) is 0 Å². The molecule has 0 fully saturated rings. The summed E-state index contributed by atoms with van der Waals surface area (Å²) in [5, 5.41) is 4.85. The lowest BCUT2D eigenvalue weighted by Gasteiger charge is -2.45. The third-order valence-corrected chi connectivity index (χ3v) is 10.8. The molecule has 4 rings (SSSR count). The van der Waals surface area contributed by atoms with Gasteiger partial charge in [-0.15, -0.1) is 0 Å². The number of fused-ring (bicyclic) bond motifs is 1. The fourth-order valence-corrected chi connectivity index (χ4v) is 8.38. The highest BCUT2D eigenvalue weighted by Crippen LogP contribution is 2.48. The third-order valence-electron chi connectivity index (χ3n) is 7.15. The van der Waals surface area contributed by atoms with E-state index in [-0.39, 0.29) is 17.1 Å². The minimum Gasteiger partial charge on any atom is -0.444 e. The second kappa shape index (κ2) is 9.69. The van der Waals surface area contributed by atoms with Crippen LogP contribution in [-0.2, 0) is 20.0 Å². The van der Waals surface area contributed by atoms with E-state index in [4.69, 9.17) is 9.73 Å². The van der Waals surface area contributed by atoms with Crippen molar-refractivity contribution in [1.82, 2.24) is 10.3 Å². The second-order valence-electron chi connectivity index (χ2n) is 11.8. The molecule has 0 saturated carbocycles. The summed E-state index contributed by atoms with van der Waals surface area (Å²) >= 11 is 0. The van der Waals surface area contributed by atoms with Gasteiger partial charge in [-0.05, 0) is 91.1 Å². The number of anilines is 1. The number of nitrogens with zero attached hydrogens (tertiary/aromatic N) is 3. The molecule has 1 aromatic carbocycles. The van der Waals surface area contributed by atoms with Crippen molar-refractivity contribution < 1.29 is 22.9 Å². The van der Waals surface area contributed by atoms with Crippen LogP contribution in [-0.4, -0.2) is 49.2 Å². The minimum atomic E-state index is -3.01. The topological polar surface area (TPSA) is 122 Å². The summed E-state index contributed by atoms with van der Waals surface area (Å²) < 4.78 is 38.8. The van der Waals surface area contributed by atoms with Gasteiger partial charge in [0.2, 0.25) is 0 Å². The summed E-state index contributed by atoms with van der Waals surface area (Å²) in [6.45, 7) is 14.3. The largest absolute Gasteiger partial charge is 0.444 e. The summed E-state index contributed by atoms with van der Waals surface area (Å²) in [5.41, 5.74) is 0.270. The Kier molecular flexibility index (Phi) is 7.12. The molecule has 2 N–H and O–H groups in total. The number of aliphatic imine (C=N–C) groups is 1. The minimum absolute atomic E-state index is 0.111. The van der Waals surface area contributed by atoms with Gasteiger partial charge in [0.05, 0.1) is 15.0 Å². The fourth-order valence-electron chi connectivity index (χ4n) is 5.19. The zero-order chi connectivity index (χ0) is 29.0. The molecule has 0 unspecified atom stereocenters. The first-order chi connectivity index (χ1) is 18.0. The van der Waals surface area contributed by atoms with Crippen LogP contribution in [0, 0.1) is 19.7 Å². The second-order valence-corrected chi connectivity index (χ2v) is 14.8. The van der Waals surface area contributed by atoms with Gasteiger partial charge in [-0.3, -0.25) is 20.1 Å². The molecule has 0 saturated heterocycles. The summed E-state index contributed by atoms with van der Waals surface area (Å²) in [5.74, 6) is -0.899. The number of carbonyl (C=O) groups is 2. The van der Waals surface area contributed by atoms with E-state index < -0.39 is 48.7 Å². The number of benzene rings is 1. The van der Waals surface area contributed by atoms with Gasteiger partial charge in [-0.25, -0.2) is 17.8 Å². The number of amides is 2. The van der Waals surface area contributed by atoms with Crippen molar-refractivity contribution in [2.24, 2.45) is 9.36 Å². The van der Waals surface area contributed by atoms with Crippen molar-refractivity contribution in [2.75, 3.05) is 11.9 Å². The average molecular weight is 558 g/mol. The Hall–Kier alpha value is -3.34. The molecular weight excluding hydrogens is 521 g/mol. The monoisotopic (exact) mass is 557 g/mol. The van der Waals surface area contributed by atoms with E-state index in [0.29, 0.717) is 24.2 Å². The van der Waals surface area contributed by atoms with E-state index in [1.54, 1.807) is 54.7 Å². The number of amidine groups is 1. The standard InChI is InChI=1S/C28H36FN5O4S/c1-16-13-17(2)22(30-15-16)23(35)32-18-9-10-20(29)19(14-18)28(8)21-11-12-31-39(21,37)27(6,7)24(34-28)33-25(36)38-26(3,4)5/h9-10,13-15,21H,11-12H2,1-8H3,(H,32,35)(H,33,34,36)/t21-,28+,39+/m0/s1. The highest BCUT2D eigenvalue weighted by atomic mass is 32.2. The summed E-state index contributed by atoms with van der Waals surface area (Å²) in [7, 11) is -3.01. The first-order valence-electron chi connectivity index (χ1n) is 12.8. The van der Waals surface area contributed by atoms with E-state index in [0.717, 1.165) is 5.56 Å². The van der Waals surface area contributed by atoms with Gasteiger partial charge in [0.1, 0.15) is 33.2 Å². The molecule has 0 bridgehead atoms. The number of hydrogen-bond acceptors (Lipinski definition) is 7. The first kappa shape index (κ1) is 28.7. The van der Waals surface area contributed by atoms with Crippen molar-refractivity contribution in [3.05, 3.63) is 58.7 Å². The molecule has 3 heterocycles. The molecule has 11 heteroatoms. The van der Waals surface area contributed by atoms with E-state index in [1.165, 1.54) is 18.2 Å². The fraction of sp³-hybridized carbons (Fsp3) is 0.500. The molecule has 2 aliphatic rings. The maximum absolute atomic E-state index is 15.5. The number of pyridine rings is 1. The van der Waals surface area contributed by atoms with Gasteiger partial charge in [0, 0.05) is 24.0 Å². The number of aromatic nitrogens is 1. The van der Waals surface area contributed by atoms with Crippen molar-refractivity contribution in [3.63, 3.8) is 0 Å². The molecule has 1 aromatic heterocycles. The Bertz CT molecular complexity index is 1500. The maximum atomic E-state index is 15.5. The number of rotatable bonds is 3. The Morgan fingerprint density at radius 3 is 2.46 bits per heavy atom. The van der Waals surface area contributed by atoms with Crippen LogP contribution in [0.15, 0.2) is 39.8 Å². The van der Waals surface area contributed by atoms with Gasteiger partial charge < -0.3 is 10.1 Å². The SMILES string of the molecule is Cc1cnc(C(=O)Nc2ccc(F)c([C@@]3(C)N=C(NC(=O)OC(C)(C)C)C(C)(C)[S@@]4(=O)=NCC[C@@H]34)c2)c(C)c1. The maximum Gasteiger partial charge on any atom is 0.413 e. The lowest BCUT2D eigenvalue weighted by Crippen LogP contribution is -2.60. The molecule has 210 valence electrons. The Labute approximate surface area is 229 Å². The van der Waals surface area contributed by atoms with Crippen LogP contribution in [0.25, 0.3) is 0 Å². The van der Waals surface area contributed by atoms with Crippen molar-refractivity contribution in [3.8, 4) is 0 Å². The Balaban J connectivity index is 1.78. The van der Waals surface area contributed by atoms with Crippen molar-refractivity contribution >= 4 is 33.3 Å². The number of ether oxygens (including phenoxy) is 1. The number of alkyl carbamates (subject to hydrolysis) is 1. The summed E-state index contributed by atoms with van der Waals surface area (Å²) in [6, 6.07) is 6.06. The zero-order valence-corrected chi connectivity index (χ0v) is 24.5. The highest BCUT2D eigenvalue weighted by molar-refractivity contribution is 7.96. The van der Waals surface area contributed by atoms with Gasteiger partial charge in [0.15, 0.2) is 0 Å². The van der Waals surface area contributed by atoms with Gasteiger partial charge >= 0.3 is 6.09 Å². The molecule has 2 amide bonds. The van der Waals surface area contributed by atoms with Gasteiger partial charge in [-0.1, -0.05) is 6.07 Å². The normalized spacial score (nSPS) is 25.7. The van der Waals surface area contributed by atoms with Gasteiger partial charge in [0.25, 0.3) is 5.91 Å². The molecule has 0 aliphatic carbocycles. The van der Waals surface area contributed by atoms with Crippen molar-refractivity contribution in [1.29, 1.82) is 0 Å². The van der Waals surface area contributed by atoms with Crippen LogP contribution >= 0.6 is 0 Å². The first-order valence-corrected chi connectivity index (χ1v) is 14.4. The predicted molar refractivity (Wildman–Crippen MR) is 150 cm³/mol. The molecular formula is C28H36FN5O4S. The number of halogens is 1. The number of carbonyl (C=O) groups excluding carboxylic acids is 2. The predicted octanol–water partition coefficient (Wildman–Crippen LogP) is 5.26. The van der Waals surface area contributed by atoms with Gasteiger partial charge in [-0.2, -0.15) is 0 Å². The summed E-state index contributed by atoms with van der Waals surface area (Å²) in [6.07, 6.45) is 1.29. The van der Waals surface area contributed by atoms with Crippen LogP contribution in [0.1, 0.15) is 75.1 Å². The molecule has 39 heavy (non-hydrogen) atoms. The average Bonchev–Trinajstić information content (AvgIpc) is 3.22. The third kappa shape index (κ3) is 5.16. The lowest BCUT2D eigenvalue weighted by molar-refractivity contribution is 0.0560. The number of nitrogens with one attached hydrogen (secondary N) is 2. The number of aryl methyl sites for hydroxylation is 2. The van der Waals surface area contributed by atoms with E-state index in [2.05, 4.69) is 20.0 Å². The van der Waals surface area contributed by atoms with Crippen LogP contribution in [0.2, 0.25) is 0 Å². The number of hydrogen-bond donors (Lipinski definition) is 2. The van der Waals surface area contributed by atoms with E-state index in [1.807, 2.05) is 13.0 Å². The molecule has 9 nitrogen and oxygen atoms in total. The zero-order valence-electron chi connectivity index (χ0n) is 23.6. The lowest BCUT2D eigenvalue weighted by atomic mass is 9.85. The Morgan fingerprint density at radius 1 is 1.13 bits per heavy atom. The van der Waals surface area contributed by atoms with Crippen molar-refractivity contribution in [2.45, 2.75) is 82.9 Å². The Morgan fingerprint density at radius 2 is 1.82 bits per heavy atom.